The SMILES string of the molecule is C[C@H]([C@@H](O)[C@@H](C)C(=O)O)[C@@H](C)O. The number of aliphatic hydroxyl groups excluding tert-OH is 2. The smallest absolute Gasteiger partial charge is 0.308 e. The highest BCUT2D eigenvalue weighted by atomic mass is 16.4. The van der Waals surface area contributed by atoms with E-state index in [9.17, 15) is 9.90 Å². The highest BCUT2D eigenvalue weighted by Crippen LogP contribution is 2.16. The van der Waals surface area contributed by atoms with E-state index in [0.29, 0.717) is 0 Å². The van der Waals surface area contributed by atoms with Crippen LogP contribution < -0.4 is 0 Å². The second-order valence-corrected chi connectivity index (χ2v) is 3.22. The fraction of sp³-hybridized carbons (Fsp3) is 0.875. The normalized spacial score (nSPS) is 21.1. The van der Waals surface area contributed by atoms with Crippen LogP contribution in [0.3, 0.4) is 0 Å². The maximum Gasteiger partial charge on any atom is 0.308 e. The fourth-order valence-electron chi connectivity index (χ4n) is 0.887. The van der Waals surface area contributed by atoms with Gasteiger partial charge in [-0.1, -0.05) is 6.92 Å². The molecule has 0 aromatic rings. The molecule has 4 atom stereocenters. The summed E-state index contributed by atoms with van der Waals surface area (Å²) in [6.45, 7) is 4.57. The zero-order valence-corrected chi connectivity index (χ0v) is 7.56. The zero-order chi connectivity index (χ0) is 9.89. The van der Waals surface area contributed by atoms with Crippen LogP contribution in [-0.2, 0) is 4.79 Å². The minimum absolute atomic E-state index is 0.420. The third-order valence-corrected chi connectivity index (χ3v) is 2.20. The molecule has 0 bridgehead atoms. The van der Waals surface area contributed by atoms with Crippen LogP contribution in [0.5, 0.6) is 0 Å². The average Bonchev–Trinajstić information content (AvgIpc) is 2.00. The second kappa shape index (κ2) is 4.42. The minimum atomic E-state index is -1.05. The van der Waals surface area contributed by atoms with Crippen LogP contribution in [0.25, 0.3) is 0 Å². The molecule has 0 fully saturated rings. The van der Waals surface area contributed by atoms with E-state index in [1.165, 1.54) is 13.8 Å². The minimum Gasteiger partial charge on any atom is -0.481 e. The molecule has 0 aromatic heterocycles. The molecule has 0 aliphatic carbocycles. The molecular formula is C8H16O4. The van der Waals surface area contributed by atoms with Crippen LogP contribution in [0.4, 0.5) is 0 Å². The molecule has 0 radical (unpaired) electrons. The van der Waals surface area contributed by atoms with Gasteiger partial charge in [0.2, 0.25) is 0 Å². The lowest BCUT2D eigenvalue weighted by molar-refractivity contribution is -0.147. The summed E-state index contributed by atoms with van der Waals surface area (Å²) in [6.07, 6.45) is -1.69. The molecule has 0 unspecified atom stereocenters. The topological polar surface area (TPSA) is 77.8 Å². The number of aliphatic hydroxyl groups is 2. The quantitative estimate of drug-likeness (QED) is 0.567. The van der Waals surface area contributed by atoms with Crippen molar-refractivity contribution < 1.29 is 20.1 Å². The summed E-state index contributed by atoms with van der Waals surface area (Å²) in [5.41, 5.74) is 0. The number of carboxylic acids is 1. The standard InChI is InChI=1S/C8H16O4/c1-4(6(3)9)7(10)5(2)8(11)12/h4-7,9-10H,1-3H3,(H,11,12)/t4-,5+,6+,7+/m0/s1. The molecule has 0 aliphatic rings. The number of hydrogen-bond acceptors (Lipinski definition) is 3. The first kappa shape index (κ1) is 11.4. The Balaban J connectivity index is 4.18. The van der Waals surface area contributed by atoms with Crippen LogP contribution in [0.1, 0.15) is 20.8 Å². The van der Waals surface area contributed by atoms with Crippen LogP contribution in [0.2, 0.25) is 0 Å². The van der Waals surface area contributed by atoms with Crippen molar-refractivity contribution in [3.05, 3.63) is 0 Å². The second-order valence-electron chi connectivity index (χ2n) is 3.22. The molecule has 0 saturated heterocycles. The average molecular weight is 176 g/mol. The highest BCUT2D eigenvalue weighted by Gasteiger charge is 2.28. The van der Waals surface area contributed by atoms with Crippen LogP contribution in [0, 0.1) is 11.8 Å². The summed E-state index contributed by atoms with van der Waals surface area (Å²) < 4.78 is 0. The van der Waals surface area contributed by atoms with E-state index in [4.69, 9.17) is 10.2 Å². The molecular weight excluding hydrogens is 160 g/mol. The van der Waals surface area contributed by atoms with Crippen molar-refractivity contribution in [1.29, 1.82) is 0 Å². The predicted octanol–water partition coefficient (Wildman–Crippen LogP) is 0.0849. The van der Waals surface area contributed by atoms with Crippen molar-refractivity contribution in [2.75, 3.05) is 0 Å². The van der Waals surface area contributed by atoms with Gasteiger partial charge in [-0.15, -0.1) is 0 Å². The first-order valence-electron chi connectivity index (χ1n) is 3.96. The van der Waals surface area contributed by atoms with Gasteiger partial charge in [0.05, 0.1) is 18.1 Å². The van der Waals surface area contributed by atoms with Crippen LogP contribution in [-0.4, -0.2) is 33.5 Å². The Labute approximate surface area is 71.8 Å². The molecule has 0 rings (SSSR count). The molecule has 0 spiro atoms. The molecule has 0 heterocycles. The zero-order valence-electron chi connectivity index (χ0n) is 7.56. The van der Waals surface area contributed by atoms with E-state index >= 15 is 0 Å². The first-order valence-corrected chi connectivity index (χ1v) is 3.96. The van der Waals surface area contributed by atoms with Crippen molar-refractivity contribution in [2.24, 2.45) is 11.8 Å². The number of hydrogen-bond donors (Lipinski definition) is 3. The Morgan fingerprint density at radius 3 is 1.83 bits per heavy atom. The summed E-state index contributed by atoms with van der Waals surface area (Å²) in [5, 5.41) is 27.0. The van der Waals surface area contributed by atoms with Gasteiger partial charge in [0.25, 0.3) is 0 Å². The maximum absolute atomic E-state index is 10.4. The van der Waals surface area contributed by atoms with E-state index in [2.05, 4.69) is 0 Å². The van der Waals surface area contributed by atoms with Crippen LogP contribution >= 0.6 is 0 Å². The molecule has 0 aliphatic heterocycles. The number of carbonyl (C=O) groups is 1. The van der Waals surface area contributed by atoms with E-state index in [-0.39, 0.29) is 0 Å². The number of carboxylic acid groups (broad SMARTS) is 1. The lowest BCUT2D eigenvalue weighted by Gasteiger charge is -2.24. The van der Waals surface area contributed by atoms with Crippen LogP contribution in [0.15, 0.2) is 0 Å². The molecule has 4 heteroatoms. The largest absolute Gasteiger partial charge is 0.481 e. The fourth-order valence-corrected chi connectivity index (χ4v) is 0.887. The van der Waals surface area contributed by atoms with Gasteiger partial charge in [-0.05, 0) is 13.8 Å². The molecule has 0 aromatic carbocycles. The van der Waals surface area contributed by atoms with Crippen molar-refractivity contribution in [1.82, 2.24) is 0 Å². The lowest BCUT2D eigenvalue weighted by Crippen LogP contribution is -2.36. The van der Waals surface area contributed by atoms with E-state index in [1.54, 1.807) is 6.92 Å². The Kier molecular flexibility index (Phi) is 4.20. The van der Waals surface area contributed by atoms with Gasteiger partial charge in [0.1, 0.15) is 0 Å². The number of aliphatic carboxylic acids is 1. The Morgan fingerprint density at radius 1 is 1.17 bits per heavy atom. The highest BCUT2D eigenvalue weighted by molar-refractivity contribution is 5.70. The van der Waals surface area contributed by atoms with Crippen molar-refractivity contribution in [3.63, 3.8) is 0 Å². The Bertz CT molecular complexity index is 155. The van der Waals surface area contributed by atoms with Gasteiger partial charge in [0.15, 0.2) is 0 Å². The molecule has 12 heavy (non-hydrogen) atoms. The summed E-state index contributed by atoms with van der Waals surface area (Å²) >= 11 is 0. The first-order chi connectivity index (χ1) is 5.37. The predicted molar refractivity (Wildman–Crippen MR) is 43.7 cm³/mol. The van der Waals surface area contributed by atoms with Gasteiger partial charge < -0.3 is 15.3 Å². The van der Waals surface area contributed by atoms with Crippen molar-refractivity contribution in [3.8, 4) is 0 Å². The summed E-state index contributed by atoms with van der Waals surface area (Å²) in [4.78, 5) is 10.4. The van der Waals surface area contributed by atoms with Gasteiger partial charge in [0, 0.05) is 5.92 Å². The summed E-state index contributed by atoms with van der Waals surface area (Å²) in [5.74, 6) is -2.30. The molecule has 72 valence electrons. The Hall–Kier alpha value is -0.610. The maximum atomic E-state index is 10.4. The van der Waals surface area contributed by atoms with E-state index < -0.39 is 30.0 Å². The third kappa shape index (κ3) is 2.79. The van der Waals surface area contributed by atoms with Gasteiger partial charge in [-0.25, -0.2) is 0 Å². The van der Waals surface area contributed by atoms with Gasteiger partial charge >= 0.3 is 5.97 Å². The van der Waals surface area contributed by atoms with Gasteiger partial charge in [-0.2, -0.15) is 0 Å². The molecule has 0 amide bonds. The summed E-state index contributed by atoms with van der Waals surface area (Å²) in [6, 6.07) is 0. The van der Waals surface area contributed by atoms with Gasteiger partial charge in [-0.3, -0.25) is 4.79 Å². The molecule has 3 N–H and O–H groups in total. The number of rotatable bonds is 4. The third-order valence-electron chi connectivity index (χ3n) is 2.20. The Morgan fingerprint density at radius 2 is 1.58 bits per heavy atom. The van der Waals surface area contributed by atoms with E-state index in [1.807, 2.05) is 0 Å². The lowest BCUT2D eigenvalue weighted by atomic mass is 9.90. The van der Waals surface area contributed by atoms with Crippen molar-refractivity contribution in [2.45, 2.75) is 33.0 Å². The van der Waals surface area contributed by atoms with Crippen molar-refractivity contribution >= 4 is 5.97 Å². The monoisotopic (exact) mass is 176 g/mol. The molecule has 4 nitrogen and oxygen atoms in total. The summed E-state index contributed by atoms with van der Waals surface area (Å²) in [7, 11) is 0. The van der Waals surface area contributed by atoms with E-state index in [0.717, 1.165) is 0 Å². The molecule has 0 saturated carbocycles.